The maximum atomic E-state index is 6.34. The number of ether oxygens (including phenoxy) is 1. The lowest BCUT2D eigenvalue weighted by Crippen LogP contribution is -2.46. The van der Waals surface area contributed by atoms with E-state index >= 15 is 0 Å². The topological polar surface area (TPSA) is 37.4 Å². The Morgan fingerprint density at radius 3 is 2.56 bits per heavy atom. The molecule has 2 heterocycles. The Morgan fingerprint density at radius 2 is 1.84 bits per heavy atom. The summed E-state index contributed by atoms with van der Waals surface area (Å²) in [6, 6.07) is 22.6. The highest BCUT2D eigenvalue weighted by molar-refractivity contribution is 6.30. The molecule has 1 aliphatic rings. The Hall–Kier alpha value is -2.84. The molecule has 0 bridgehead atoms. The van der Waals surface area contributed by atoms with Gasteiger partial charge in [0.2, 0.25) is 0 Å². The molecule has 4 nitrogen and oxygen atoms in total. The molecule has 1 aliphatic heterocycles. The summed E-state index contributed by atoms with van der Waals surface area (Å²) in [6.07, 6.45) is 0.944. The number of pyridine rings is 1. The molecule has 164 valence electrons. The zero-order valence-electron chi connectivity index (χ0n) is 18.6. The zero-order valence-corrected chi connectivity index (χ0v) is 19.3. The highest BCUT2D eigenvalue weighted by Gasteiger charge is 2.36. The molecule has 4 rings (SSSR count). The van der Waals surface area contributed by atoms with Gasteiger partial charge < -0.3 is 4.74 Å². The number of hydrogen-bond acceptors (Lipinski definition) is 4. The average molecular weight is 446 g/mol. The number of nitrogens with zero attached hydrogens (tertiary/aromatic N) is 2. The van der Waals surface area contributed by atoms with Gasteiger partial charge in [0.05, 0.1) is 18.2 Å². The van der Waals surface area contributed by atoms with Crippen LogP contribution in [0.1, 0.15) is 28.8 Å². The maximum Gasteiger partial charge on any atom is 0.144 e. The van der Waals surface area contributed by atoms with Crippen molar-refractivity contribution in [1.29, 1.82) is 0 Å². The summed E-state index contributed by atoms with van der Waals surface area (Å²) in [5.74, 6) is 7.72. The van der Waals surface area contributed by atoms with Crippen molar-refractivity contribution in [2.75, 3.05) is 20.2 Å². The van der Waals surface area contributed by atoms with Gasteiger partial charge in [-0.25, -0.2) is 4.98 Å². The Labute approximate surface area is 195 Å². The van der Waals surface area contributed by atoms with Crippen LogP contribution < -0.4 is 10.1 Å². The summed E-state index contributed by atoms with van der Waals surface area (Å²) in [5, 5.41) is 4.21. The predicted octanol–water partition coefficient (Wildman–Crippen LogP) is 4.84. The highest BCUT2D eigenvalue weighted by atomic mass is 35.5. The van der Waals surface area contributed by atoms with Gasteiger partial charge in [-0.05, 0) is 48.7 Å². The van der Waals surface area contributed by atoms with E-state index in [9.17, 15) is 0 Å². The number of aromatic nitrogens is 1. The van der Waals surface area contributed by atoms with Gasteiger partial charge in [0.15, 0.2) is 0 Å². The van der Waals surface area contributed by atoms with E-state index in [0.717, 1.165) is 49.6 Å². The van der Waals surface area contributed by atoms with Crippen molar-refractivity contribution in [3.05, 3.63) is 94.3 Å². The van der Waals surface area contributed by atoms with Crippen molar-refractivity contribution < 1.29 is 4.74 Å². The molecule has 32 heavy (non-hydrogen) atoms. The lowest BCUT2D eigenvalue weighted by Gasteiger charge is -2.26. The third kappa shape index (κ3) is 5.69. The molecule has 1 N–H and O–H groups in total. The summed E-state index contributed by atoms with van der Waals surface area (Å²) in [6.45, 7) is 5.40. The number of hydrogen-bond donors (Lipinski definition) is 1. The van der Waals surface area contributed by atoms with Gasteiger partial charge in [0.25, 0.3) is 0 Å². The molecule has 1 unspecified atom stereocenters. The van der Waals surface area contributed by atoms with Gasteiger partial charge in [-0.1, -0.05) is 65.9 Å². The fraction of sp³-hybridized carbons (Fsp3) is 0.296. The summed E-state index contributed by atoms with van der Waals surface area (Å²) < 4.78 is 5.28. The Bertz CT molecular complexity index is 1110. The van der Waals surface area contributed by atoms with Crippen LogP contribution in [0.4, 0.5) is 0 Å². The van der Waals surface area contributed by atoms with Crippen molar-refractivity contribution in [3.63, 3.8) is 0 Å². The monoisotopic (exact) mass is 445 g/mol. The molecule has 2 aromatic carbocycles. The first-order valence-electron chi connectivity index (χ1n) is 10.9. The lowest BCUT2D eigenvalue weighted by atomic mass is 9.98. The zero-order chi connectivity index (χ0) is 22.4. The molecule has 0 amide bonds. The van der Waals surface area contributed by atoms with E-state index in [-0.39, 0.29) is 5.54 Å². The van der Waals surface area contributed by atoms with Crippen molar-refractivity contribution in [3.8, 4) is 17.6 Å². The Balaban J connectivity index is 1.53. The number of halogens is 1. The quantitative estimate of drug-likeness (QED) is 0.435. The first-order chi connectivity index (χ1) is 15.5. The average Bonchev–Trinajstić information content (AvgIpc) is 3.21. The van der Waals surface area contributed by atoms with E-state index in [1.165, 1.54) is 11.1 Å². The first-order valence-corrected chi connectivity index (χ1v) is 11.2. The molecule has 1 aromatic heterocycles. The molecular weight excluding hydrogens is 418 g/mol. The van der Waals surface area contributed by atoms with E-state index in [1.807, 2.05) is 37.3 Å². The number of nitrogens with one attached hydrogen (secondary N) is 1. The summed E-state index contributed by atoms with van der Waals surface area (Å²) >= 11 is 6.34. The second kappa shape index (κ2) is 10.2. The van der Waals surface area contributed by atoms with Crippen molar-refractivity contribution in [2.24, 2.45) is 0 Å². The van der Waals surface area contributed by atoms with Gasteiger partial charge in [-0.15, -0.1) is 0 Å². The largest absolute Gasteiger partial charge is 0.497 e. The minimum absolute atomic E-state index is 0.309. The number of aryl methyl sites for hydroxylation is 1. The van der Waals surface area contributed by atoms with Crippen LogP contribution in [0, 0.1) is 18.8 Å². The fourth-order valence-electron chi connectivity index (χ4n) is 3.98. The SMILES string of the molecule is COc1ccc(CN2CCC(C#Cc3ccc(C)nc3Cl)(NCc3ccccc3)C2)cc1. The van der Waals surface area contributed by atoms with E-state index < -0.39 is 0 Å². The van der Waals surface area contributed by atoms with Gasteiger partial charge in [0, 0.05) is 31.9 Å². The van der Waals surface area contributed by atoms with Crippen LogP contribution in [0.3, 0.4) is 0 Å². The normalized spacial score (nSPS) is 18.2. The number of benzene rings is 2. The fourth-order valence-corrected chi connectivity index (χ4v) is 4.22. The molecule has 0 aliphatic carbocycles. The highest BCUT2D eigenvalue weighted by Crippen LogP contribution is 2.25. The number of likely N-dealkylation sites (tertiary alicyclic amines) is 1. The van der Waals surface area contributed by atoms with Crippen molar-refractivity contribution in [2.45, 2.75) is 32.0 Å². The molecule has 3 aromatic rings. The molecule has 1 atom stereocenters. The van der Waals surface area contributed by atoms with Crippen LogP contribution in [0.2, 0.25) is 5.15 Å². The van der Waals surface area contributed by atoms with Gasteiger partial charge >= 0.3 is 0 Å². The van der Waals surface area contributed by atoms with Gasteiger partial charge in [-0.3, -0.25) is 10.2 Å². The smallest absolute Gasteiger partial charge is 0.144 e. The van der Waals surface area contributed by atoms with Crippen LogP contribution in [-0.4, -0.2) is 35.6 Å². The predicted molar refractivity (Wildman–Crippen MR) is 130 cm³/mol. The van der Waals surface area contributed by atoms with Crippen LogP contribution in [0.15, 0.2) is 66.7 Å². The van der Waals surface area contributed by atoms with E-state index in [2.05, 4.69) is 63.4 Å². The molecule has 0 radical (unpaired) electrons. The Morgan fingerprint density at radius 1 is 1.06 bits per heavy atom. The van der Waals surface area contributed by atoms with E-state index in [0.29, 0.717) is 5.15 Å². The lowest BCUT2D eigenvalue weighted by molar-refractivity contribution is 0.303. The molecule has 1 fully saturated rings. The third-order valence-corrected chi connectivity index (χ3v) is 6.10. The second-order valence-electron chi connectivity index (χ2n) is 8.27. The van der Waals surface area contributed by atoms with Crippen molar-refractivity contribution in [1.82, 2.24) is 15.2 Å². The molecular formula is C27H28ClN3O. The molecule has 5 heteroatoms. The first kappa shape index (κ1) is 22.4. The van der Waals surface area contributed by atoms with Crippen LogP contribution >= 0.6 is 11.6 Å². The van der Waals surface area contributed by atoms with E-state index in [1.54, 1.807) is 7.11 Å². The van der Waals surface area contributed by atoms with E-state index in [4.69, 9.17) is 16.3 Å². The third-order valence-electron chi connectivity index (χ3n) is 5.81. The van der Waals surface area contributed by atoms with Gasteiger partial charge in [0.1, 0.15) is 10.9 Å². The molecule has 1 saturated heterocycles. The number of rotatable bonds is 6. The minimum atomic E-state index is -0.309. The Kier molecular flexibility index (Phi) is 7.12. The van der Waals surface area contributed by atoms with Crippen molar-refractivity contribution >= 4 is 11.6 Å². The second-order valence-corrected chi connectivity index (χ2v) is 8.63. The minimum Gasteiger partial charge on any atom is -0.497 e. The summed E-state index contributed by atoms with van der Waals surface area (Å²) in [5.41, 5.74) is 3.87. The van der Waals surface area contributed by atoms with Crippen LogP contribution in [0.5, 0.6) is 5.75 Å². The van der Waals surface area contributed by atoms with Crippen LogP contribution in [0.25, 0.3) is 0 Å². The molecule has 0 saturated carbocycles. The standard InChI is InChI=1S/C27H28ClN3O/c1-21-8-11-24(26(28)30-21)14-15-27(29-18-22-6-4-3-5-7-22)16-17-31(20-27)19-23-9-12-25(32-2)13-10-23/h3-13,29H,16-20H2,1-2H3. The maximum absolute atomic E-state index is 6.34. The summed E-state index contributed by atoms with van der Waals surface area (Å²) in [7, 11) is 1.69. The molecule has 0 spiro atoms. The van der Waals surface area contributed by atoms with Gasteiger partial charge in [-0.2, -0.15) is 0 Å². The van der Waals surface area contributed by atoms with Crippen LogP contribution in [-0.2, 0) is 13.1 Å². The number of methoxy groups -OCH3 is 1. The summed E-state index contributed by atoms with van der Waals surface area (Å²) in [4.78, 5) is 6.79.